The minimum atomic E-state index is 0.125. The number of nitrogens with two attached hydrogens (primary N) is 1. The second-order valence-corrected chi connectivity index (χ2v) is 6.67. The molecular formula is C15H24BrN3. The third kappa shape index (κ3) is 3.57. The molecule has 0 spiro atoms. The van der Waals surface area contributed by atoms with E-state index in [4.69, 9.17) is 5.73 Å². The summed E-state index contributed by atoms with van der Waals surface area (Å²) >= 11 is 3.48. The van der Waals surface area contributed by atoms with Crippen LogP contribution in [0.5, 0.6) is 0 Å². The zero-order valence-corrected chi connectivity index (χ0v) is 13.5. The zero-order chi connectivity index (χ0) is 13.9. The first-order valence-electron chi connectivity index (χ1n) is 6.90. The van der Waals surface area contributed by atoms with Gasteiger partial charge in [-0.3, -0.25) is 4.90 Å². The average Bonchev–Trinajstić information content (AvgIpc) is 2.41. The van der Waals surface area contributed by atoms with Crippen LogP contribution >= 0.6 is 15.9 Å². The maximum absolute atomic E-state index is 6.10. The molecular weight excluding hydrogens is 302 g/mol. The highest BCUT2D eigenvalue weighted by Crippen LogP contribution is 2.26. The van der Waals surface area contributed by atoms with Crippen LogP contribution in [0.2, 0.25) is 0 Å². The lowest BCUT2D eigenvalue weighted by atomic mass is 9.87. The van der Waals surface area contributed by atoms with Crippen LogP contribution in [0.15, 0.2) is 28.7 Å². The molecule has 0 saturated carbocycles. The zero-order valence-electron chi connectivity index (χ0n) is 11.9. The van der Waals surface area contributed by atoms with Gasteiger partial charge >= 0.3 is 0 Å². The van der Waals surface area contributed by atoms with Crippen LogP contribution < -0.4 is 5.73 Å². The van der Waals surface area contributed by atoms with E-state index in [2.05, 4.69) is 64.1 Å². The maximum Gasteiger partial charge on any atom is 0.0459 e. The van der Waals surface area contributed by atoms with E-state index in [9.17, 15) is 0 Å². The van der Waals surface area contributed by atoms with Gasteiger partial charge in [-0.05, 0) is 51.2 Å². The second-order valence-electron chi connectivity index (χ2n) is 5.75. The van der Waals surface area contributed by atoms with Crippen molar-refractivity contribution < 1.29 is 0 Å². The van der Waals surface area contributed by atoms with Crippen molar-refractivity contribution in [3.63, 3.8) is 0 Å². The third-order valence-corrected chi connectivity index (χ3v) is 4.80. The molecule has 3 nitrogen and oxygen atoms in total. The van der Waals surface area contributed by atoms with E-state index in [-0.39, 0.29) is 5.54 Å². The minimum absolute atomic E-state index is 0.125. The molecule has 1 heterocycles. The molecule has 1 aromatic rings. The molecule has 1 atom stereocenters. The smallest absolute Gasteiger partial charge is 0.0459 e. The van der Waals surface area contributed by atoms with E-state index in [0.717, 1.165) is 24.1 Å². The number of hydrogen-bond acceptors (Lipinski definition) is 3. The molecule has 19 heavy (non-hydrogen) atoms. The highest BCUT2D eigenvalue weighted by Gasteiger charge is 2.36. The van der Waals surface area contributed by atoms with Crippen molar-refractivity contribution in [2.24, 2.45) is 5.73 Å². The number of likely N-dealkylation sites (tertiary alicyclic amines) is 1. The molecule has 0 aromatic heterocycles. The number of likely N-dealkylation sites (N-methyl/N-ethyl adjacent to an activating group) is 2. The summed E-state index contributed by atoms with van der Waals surface area (Å²) in [6.45, 7) is 3.94. The highest BCUT2D eigenvalue weighted by molar-refractivity contribution is 9.10. The van der Waals surface area contributed by atoms with Crippen LogP contribution in [0.4, 0.5) is 0 Å². The van der Waals surface area contributed by atoms with E-state index >= 15 is 0 Å². The molecule has 0 bridgehead atoms. The van der Waals surface area contributed by atoms with Crippen LogP contribution in [0.3, 0.4) is 0 Å². The topological polar surface area (TPSA) is 32.5 Å². The number of hydrogen-bond donors (Lipinski definition) is 1. The summed E-state index contributed by atoms with van der Waals surface area (Å²) in [5, 5.41) is 0. The molecule has 1 saturated heterocycles. The Hall–Kier alpha value is -0.420. The molecule has 1 fully saturated rings. The van der Waals surface area contributed by atoms with Crippen molar-refractivity contribution in [3.8, 4) is 0 Å². The number of rotatable bonds is 4. The lowest BCUT2D eigenvalue weighted by molar-refractivity contribution is 0.0396. The Labute approximate surface area is 124 Å². The molecule has 1 unspecified atom stereocenters. The normalized spacial score (nSPS) is 24.9. The van der Waals surface area contributed by atoms with Crippen LogP contribution in [-0.2, 0) is 6.54 Å². The van der Waals surface area contributed by atoms with Gasteiger partial charge in [0.2, 0.25) is 0 Å². The summed E-state index contributed by atoms with van der Waals surface area (Å²) in [5.74, 6) is 0. The fourth-order valence-corrected chi connectivity index (χ4v) is 3.27. The van der Waals surface area contributed by atoms with Crippen LogP contribution in [-0.4, -0.2) is 49.1 Å². The standard InChI is InChI=1S/C15H24BrN3/c1-18-9-3-8-15(11-17,12-18)19(2)10-13-4-6-14(16)7-5-13/h4-7H,3,8-12,17H2,1-2H3. The Kier molecular flexibility index (Phi) is 5.01. The summed E-state index contributed by atoms with van der Waals surface area (Å²) in [7, 11) is 4.39. The van der Waals surface area contributed by atoms with E-state index in [1.807, 2.05) is 0 Å². The molecule has 0 radical (unpaired) electrons. The summed E-state index contributed by atoms with van der Waals surface area (Å²) in [6, 6.07) is 8.56. The van der Waals surface area contributed by atoms with Crippen LogP contribution in [0, 0.1) is 0 Å². The second kappa shape index (κ2) is 6.35. The van der Waals surface area contributed by atoms with E-state index < -0.39 is 0 Å². The Morgan fingerprint density at radius 2 is 2.05 bits per heavy atom. The number of halogens is 1. The van der Waals surface area contributed by atoms with Gasteiger partial charge in [0, 0.05) is 29.6 Å². The van der Waals surface area contributed by atoms with Crippen molar-refractivity contribution in [1.29, 1.82) is 0 Å². The lowest BCUT2D eigenvalue weighted by Crippen LogP contribution is -2.60. The van der Waals surface area contributed by atoms with Crippen LogP contribution in [0.25, 0.3) is 0 Å². The number of piperidine rings is 1. The largest absolute Gasteiger partial charge is 0.329 e. The molecule has 2 N–H and O–H groups in total. The van der Waals surface area contributed by atoms with Gasteiger partial charge in [0.25, 0.3) is 0 Å². The van der Waals surface area contributed by atoms with Gasteiger partial charge in [-0.25, -0.2) is 0 Å². The fourth-order valence-electron chi connectivity index (χ4n) is 3.00. The first kappa shape index (κ1) is 15.0. The SMILES string of the molecule is CN1CCCC(CN)(N(C)Cc2ccc(Br)cc2)C1. The van der Waals surface area contributed by atoms with Crippen molar-refractivity contribution >= 4 is 15.9 Å². The van der Waals surface area contributed by atoms with Crippen molar-refractivity contribution in [3.05, 3.63) is 34.3 Å². The molecule has 1 aromatic carbocycles. The molecule has 0 aliphatic carbocycles. The van der Waals surface area contributed by atoms with Crippen molar-refractivity contribution in [1.82, 2.24) is 9.80 Å². The quantitative estimate of drug-likeness (QED) is 0.922. The molecule has 4 heteroatoms. The fraction of sp³-hybridized carbons (Fsp3) is 0.600. The predicted octanol–water partition coefficient (Wildman–Crippen LogP) is 2.30. The van der Waals surface area contributed by atoms with Gasteiger partial charge in [0.15, 0.2) is 0 Å². The molecule has 1 aliphatic rings. The Bertz CT molecular complexity index is 406. The molecule has 106 valence electrons. The van der Waals surface area contributed by atoms with Gasteiger partial charge in [-0.1, -0.05) is 28.1 Å². The predicted molar refractivity (Wildman–Crippen MR) is 84.1 cm³/mol. The Balaban J connectivity index is 2.08. The van der Waals surface area contributed by atoms with Crippen LogP contribution in [0.1, 0.15) is 18.4 Å². The third-order valence-electron chi connectivity index (χ3n) is 4.27. The van der Waals surface area contributed by atoms with Gasteiger partial charge in [-0.15, -0.1) is 0 Å². The Morgan fingerprint density at radius 3 is 2.63 bits per heavy atom. The van der Waals surface area contributed by atoms with Gasteiger partial charge in [0.1, 0.15) is 0 Å². The average molecular weight is 326 g/mol. The lowest BCUT2D eigenvalue weighted by Gasteiger charge is -2.47. The highest BCUT2D eigenvalue weighted by atomic mass is 79.9. The van der Waals surface area contributed by atoms with Crippen molar-refractivity contribution in [2.45, 2.75) is 24.9 Å². The summed E-state index contributed by atoms with van der Waals surface area (Å²) < 4.78 is 1.13. The van der Waals surface area contributed by atoms with Crippen molar-refractivity contribution in [2.75, 3.05) is 33.7 Å². The Morgan fingerprint density at radius 1 is 1.37 bits per heavy atom. The molecule has 0 amide bonds. The monoisotopic (exact) mass is 325 g/mol. The number of benzene rings is 1. The summed E-state index contributed by atoms with van der Waals surface area (Å²) in [4.78, 5) is 4.83. The summed E-state index contributed by atoms with van der Waals surface area (Å²) in [6.07, 6.45) is 2.43. The minimum Gasteiger partial charge on any atom is -0.329 e. The van der Waals surface area contributed by atoms with Gasteiger partial charge in [0.05, 0.1) is 0 Å². The number of nitrogens with zero attached hydrogens (tertiary/aromatic N) is 2. The first-order chi connectivity index (χ1) is 9.05. The summed E-state index contributed by atoms with van der Waals surface area (Å²) in [5.41, 5.74) is 7.57. The first-order valence-corrected chi connectivity index (χ1v) is 7.69. The maximum atomic E-state index is 6.10. The van der Waals surface area contributed by atoms with E-state index in [1.54, 1.807) is 0 Å². The van der Waals surface area contributed by atoms with Gasteiger partial charge < -0.3 is 10.6 Å². The molecule has 1 aliphatic heterocycles. The van der Waals surface area contributed by atoms with E-state index in [1.165, 1.54) is 24.9 Å². The van der Waals surface area contributed by atoms with E-state index in [0.29, 0.717) is 0 Å². The molecule has 2 rings (SSSR count). The van der Waals surface area contributed by atoms with Gasteiger partial charge in [-0.2, -0.15) is 0 Å².